The third kappa shape index (κ3) is 3.89. The number of nitrogens with zero attached hydrogens (tertiary/aromatic N) is 2. The third-order valence-corrected chi connectivity index (χ3v) is 6.33. The van der Waals surface area contributed by atoms with Crippen molar-refractivity contribution in [1.29, 1.82) is 0 Å². The predicted octanol–water partition coefficient (Wildman–Crippen LogP) is 1.95. The quantitative estimate of drug-likeness (QED) is 0.829. The van der Waals surface area contributed by atoms with Crippen molar-refractivity contribution >= 4 is 15.9 Å². The molecule has 24 heavy (non-hydrogen) atoms. The molecule has 1 aliphatic rings. The molecule has 1 fully saturated rings. The summed E-state index contributed by atoms with van der Waals surface area (Å²) in [5.74, 6) is 0.704. The maximum atomic E-state index is 13.0. The largest absolute Gasteiger partial charge is 0.494 e. The fourth-order valence-electron chi connectivity index (χ4n) is 2.94. The van der Waals surface area contributed by atoms with Crippen LogP contribution in [0.1, 0.15) is 31.4 Å². The summed E-state index contributed by atoms with van der Waals surface area (Å²) in [6.07, 6.45) is 0.647. The first-order valence-electron chi connectivity index (χ1n) is 8.27. The Morgan fingerprint density at radius 1 is 1.12 bits per heavy atom. The lowest BCUT2D eigenvalue weighted by Crippen LogP contribution is -2.36. The number of hydrogen-bond acceptors (Lipinski definition) is 4. The standard InChI is InChI=1S/C17H26N2O4S/c1-5-23-16-11-14(3)17(12-13(16)2)24(21,22)19-8-6-7-18(9-10-19)15(4)20/h11-12H,5-10H2,1-4H3. The number of benzene rings is 1. The Balaban J connectivity index is 2.30. The average molecular weight is 354 g/mol. The molecular formula is C17H26N2O4S. The molecule has 0 aliphatic carbocycles. The van der Waals surface area contributed by atoms with E-state index in [0.29, 0.717) is 55.4 Å². The van der Waals surface area contributed by atoms with Crippen LogP contribution >= 0.6 is 0 Å². The van der Waals surface area contributed by atoms with Gasteiger partial charge >= 0.3 is 0 Å². The predicted molar refractivity (Wildman–Crippen MR) is 92.7 cm³/mol. The van der Waals surface area contributed by atoms with E-state index in [-0.39, 0.29) is 5.91 Å². The maximum Gasteiger partial charge on any atom is 0.243 e. The van der Waals surface area contributed by atoms with Gasteiger partial charge in [0.25, 0.3) is 0 Å². The topological polar surface area (TPSA) is 66.9 Å². The van der Waals surface area contributed by atoms with Gasteiger partial charge in [-0.05, 0) is 50.5 Å². The van der Waals surface area contributed by atoms with E-state index >= 15 is 0 Å². The van der Waals surface area contributed by atoms with Crippen LogP contribution in [-0.2, 0) is 14.8 Å². The number of amides is 1. The molecule has 1 amide bonds. The van der Waals surface area contributed by atoms with Crippen molar-refractivity contribution in [3.05, 3.63) is 23.3 Å². The van der Waals surface area contributed by atoms with Crippen LogP contribution < -0.4 is 4.74 Å². The smallest absolute Gasteiger partial charge is 0.243 e. The molecule has 0 spiro atoms. The van der Waals surface area contributed by atoms with Gasteiger partial charge in [0, 0.05) is 33.1 Å². The molecule has 0 aromatic heterocycles. The van der Waals surface area contributed by atoms with Crippen LogP contribution in [0.2, 0.25) is 0 Å². The van der Waals surface area contributed by atoms with Gasteiger partial charge in [0.2, 0.25) is 15.9 Å². The normalized spacial score (nSPS) is 16.8. The first-order valence-corrected chi connectivity index (χ1v) is 9.71. The highest BCUT2D eigenvalue weighted by molar-refractivity contribution is 7.89. The first kappa shape index (κ1) is 18.7. The highest BCUT2D eigenvalue weighted by Crippen LogP contribution is 2.28. The van der Waals surface area contributed by atoms with E-state index in [1.54, 1.807) is 24.0 Å². The Hall–Kier alpha value is -1.60. The Kier molecular flexibility index (Phi) is 5.87. The molecule has 0 unspecified atom stereocenters. The monoisotopic (exact) mass is 354 g/mol. The maximum absolute atomic E-state index is 13.0. The van der Waals surface area contributed by atoms with Crippen molar-refractivity contribution in [3.8, 4) is 5.75 Å². The molecule has 0 radical (unpaired) electrons. The van der Waals surface area contributed by atoms with Crippen LogP contribution in [-0.4, -0.2) is 56.3 Å². The number of hydrogen-bond donors (Lipinski definition) is 0. The SMILES string of the molecule is CCOc1cc(C)c(S(=O)(=O)N2CCCN(C(C)=O)CC2)cc1C. The van der Waals surface area contributed by atoms with E-state index in [2.05, 4.69) is 0 Å². The molecule has 2 rings (SSSR count). The van der Waals surface area contributed by atoms with Crippen molar-refractivity contribution in [2.45, 2.75) is 39.0 Å². The molecule has 1 aromatic carbocycles. The van der Waals surface area contributed by atoms with Gasteiger partial charge in [0.1, 0.15) is 5.75 Å². The van der Waals surface area contributed by atoms with E-state index in [0.717, 1.165) is 5.56 Å². The summed E-state index contributed by atoms with van der Waals surface area (Å²) in [6, 6.07) is 3.47. The summed E-state index contributed by atoms with van der Waals surface area (Å²) in [4.78, 5) is 13.5. The minimum Gasteiger partial charge on any atom is -0.494 e. The minimum absolute atomic E-state index is 0.0117. The minimum atomic E-state index is -3.58. The number of ether oxygens (including phenoxy) is 1. The molecular weight excluding hydrogens is 328 g/mol. The second-order valence-corrected chi connectivity index (χ2v) is 7.99. The zero-order valence-corrected chi connectivity index (χ0v) is 15.6. The highest BCUT2D eigenvalue weighted by Gasteiger charge is 2.29. The van der Waals surface area contributed by atoms with Gasteiger partial charge in [0.15, 0.2) is 0 Å². The Morgan fingerprint density at radius 3 is 2.46 bits per heavy atom. The van der Waals surface area contributed by atoms with Crippen molar-refractivity contribution in [3.63, 3.8) is 0 Å². The van der Waals surface area contributed by atoms with E-state index in [1.165, 1.54) is 11.2 Å². The van der Waals surface area contributed by atoms with Gasteiger partial charge in [-0.1, -0.05) is 0 Å². The third-order valence-electron chi connectivity index (χ3n) is 4.29. The van der Waals surface area contributed by atoms with Crippen LogP contribution in [0, 0.1) is 13.8 Å². The zero-order valence-electron chi connectivity index (χ0n) is 14.8. The molecule has 0 atom stereocenters. The van der Waals surface area contributed by atoms with Crippen molar-refractivity contribution < 1.29 is 17.9 Å². The van der Waals surface area contributed by atoms with Gasteiger partial charge < -0.3 is 9.64 Å². The molecule has 0 N–H and O–H groups in total. The summed E-state index contributed by atoms with van der Waals surface area (Å²) in [5.41, 5.74) is 1.48. The Bertz CT molecular complexity index is 716. The molecule has 134 valence electrons. The number of carbonyl (C=O) groups excluding carboxylic acids is 1. The molecule has 1 saturated heterocycles. The summed E-state index contributed by atoms with van der Waals surface area (Å²) in [6.45, 7) is 9.39. The van der Waals surface area contributed by atoms with Gasteiger partial charge in [-0.25, -0.2) is 8.42 Å². The molecule has 1 aliphatic heterocycles. The van der Waals surface area contributed by atoms with Crippen molar-refractivity contribution in [1.82, 2.24) is 9.21 Å². The van der Waals surface area contributed by atoms with Crippen LogP contribution in [0.4, 0.5) is 0 Å². The van der Waals surface area contributed by atoms with E-state index in [1.807, 2.05) is 13.8 Å². The second-order valence-electron chi connectivity index (χ2n) is 6.08. The molecule has 1 heterocycles. The second kappa shape index (κ2) is 7.53. The van der Waals surface area contributed by atoms with Crippen LogP contribution in [0.25, 0.3) is 0 Å². The molecule has 7 heteroatoms. The van der Waals surface area contributed by atoms with Crippen molar-refractivity contribution in [2.24, 2.45) is 0 Å². The Morgan fingerprint density at radius 2 is 1.83 bits per heavy atom. The average Bonchev–Trinajstić information content (AvgIpc) is 2.77. The summed E-state index contributed by atoms with van der Waals surface area (Å²) in [7, 11) is -3.58. The number of carbonyl (C=O) groups is 1. The van der Waals surface area contributed by atoms with E-state index in [4.69, 9.17) is 4.74 Å². The molecule has 0 bridgehead atoms. The van der Waals surface area contributed by atoms with Crippen LogP contribution in [0.3, 0.4) is 0 Å². The van der Waals surface area contributed by atoms with Gasteiger partial charge in [-0.2, -0.15) is 4.31 Å². The van der Waals surface area contributed by atoms with Gasteiger partial charge in [-0.15, -0.1) is 0 Å². The zero-order chi connectivity index (χ0) is 17.9. The van der Waals surface area contributed by atoms with Gasteiger partial charge in [0.05, 0.1) is 11.5 Å². The molecule has 1 aromatic rings. The summed E-state index contributed by atoms with van der Waals surface area (Å²) >= 11 is 0. The fraction of sp³-hybridized carbons (Fsp3) is 0.588. The lowest BCUT2D eigenvalue weighted by atomic mass is 10.1. The lowest BCUT2D eigenvalue weighted by molar-refractivity contribution is -0.128. The number of aryl methyl sites for hydroxylation is 2. The summed E-state index contributed by atoms with van der Waals surface area (Å²) in [5, 5.41) is 0. The molecule has 6 nitrogen and oxygen atoms in total. The number of sulfonamides is 1. The fourth-order valence-corrected chi connectivity index (χ4v) is 4.70. The van der Waals surface area contributed by atoms with Gasteiger partial charge in [-0.3, -0.25) is 4.79 Å². The Labute approximate surface area is 144 Å². The number of rotatable bonds is 4. The highest BCUT2D eigenvalue weighted by atomic mass is 32.2. The van der Waals surface area contributed by atoms with Crippen LogP contribution in [0.5, 0.6) is 5.75 Å². The molecule has 0 saturated carbocycles. The lowest BCUT2D eigenvalue weighted by Gasteiger charge is -2.22. The van der Waals surface area contributed by atoms with E-state index in [9.17, 15) is 13.2 Å². The summed E-state index contributed by atoms with van der Waals surface area (Å²) < 4.78 is 33.1. The first-order chi connectivity index (χ1) is 11.3. The van der Waals surface area contributed by atoms with E-state index < -0.39 is 10.0 Å². The van der Waals surface area contributed by atoms with Crippen molar-refractivity contribution in [2.75, 3.05) is 32.8 Å². The van der Waals surface area contributed by atoms with Crippen LogP contribution in [0.15, 0.2) is 17.0 Å².